The Labute approximate surface area is 128 Å². The van der Waals surface area contributed by atoms with Gasteiger partial charge in [0.2, 0.25) is 5.91 Å². The van der Waals surface area contributed by atoms with E-state index in [1.807, 2.05) is 4.90 Å². The topological polar surface area (TPSA) is 46.3 Å². The van der Waals surface area contributed by atoms with Crippen LogP contribution in [0, 0.1) is 18.8 Å². The number of amides is 1. The molecule has 0 saturated heterocycles. The second-order valence-electron chi connectivity index (χ2n) is 6.28. The molecule has 1 fully saturated rings. The number of carbonyl (C=O) groups excluding carboxylic acids is 1. The van der Waals surface area contributed by atoms with Crippen molar-refractivity contribution in [2.75, 3.05) is 13.1 Å². The van der Waals surface area contributed by atoms with Crippen molar-refractivity contribution in [3.05, 3.63) is 35.4 Å². The molecule has 1 aromatic rings. The molecule has 1 amide bonds. The average Bonchev–Trinajstić information content (AvgIpc) is 2.96. The van der Waals surface area contributed by atoms with Gasteiger partial charge < -0.3 is 10.6 Å². The minimum Gasteiger partial charge on any atom is -0.338 e. The van der Waals surface area contributed by atoms with Crippen molar-refractivity contribution in [3.63, 3.8) is 0 Å². The first kappa shape index (κ1) is 16.0. The Morgan fingerprint density at radius 1 is 1.29 bits per heavy atom. The summed E-state index contributed by atoms with van der Waals surface area (Å²) in [6.45, 7) is 6.41. The fraction of sp³-hybridized carbons (Fsp3) is 0.611. The standard InChI is InChI=1S/C18H28N2O/c1-3-11-20(13-15-9-7-14(2)8-10-15)18(21)17-6-4-5-16(17)12-19/h7-10,16-17H,3-6,11-13,19H2,1-2H3. The first-order chi connectivity index (χ1) is 10.2. The normalized spacial score (nSPS) is 21.5. The maximum absolute atomic E-state index is 12.8. The van der Waals surface area contributed by atoms with Crippen LogP contribution in [0.1, 0.15) is 43.7 Å². The third-order valence-electron chi connectivity index (χ3n) is 4.58. The lowest BCUT2D eigenvalue weighted by atomic mass is 9.94. The van der Waals surface area contributed by atoms with Crippen molar-refractivity contribution in [3.8, 4) is 0 Å². The summed E-state index contributed by atoms with van der Waals surface area (Å²) < 4.78 is 0. The zero-order valence-electron chi connectivity index (χ0n) is 13.3. The quantitative estimate of drug-likeness (QED) is 0.874. The van der Waals surface area contributed by atoms with Crippen LogP contribution in [0.15, 0.2) is 24.3 Å². The smallest absolute Gasteiger partial charge is 0.226 e. The SMILES string of the molecule is CCCN(Cc1ccc(C)cc1)C(=O)C1CCCC1CN. The molecule has 3 heteroatoms. The molecule has 2 unspecified atom stereocenters. The van der Waals surface area contributed by atoms with E-state index in [-0.39, 0.29) is 5.92 Å². The number of rotatable bonds is 6. The lowest BCUT2D eigenvalue weighted by molar-refractivity contribution is -0.137. The molecule has 1 aliphatic rings. The van der Waals surface area contributed by atoms with Gasteiger partial charge in [-0.05, 0) is 44.2 Å². The summed E-state index contributed by atoms with van der Waals surface area (Å²) in [7, 11) is 0. The fourth-order valence-electron chi connectivity index (χ4n) is 3.33. The Morgan fingerprint density at radius 3 is 2.62 bits per heavy atom. The van der Waals surface area contributed by atoms with Crippen LogP contribution in [0.5, 0.6) is 0 Å². The Kier molecular flexibility index (Phi) is 5.80. The third-order valence-corrected chi connectivity index (χ3v) is 4.58. The molecule has 0 radical (unpaired) electrons. The van der Waals surface area contributed by atoms with Crippen LogP contribution in [0.2, 0.25) is 0 Å². The van der Waals surface area contributed by atoms with Gasteiger partial charge in [0.25, 0.3) is 0 Å². The lowest BCUT2D eigenvalue weighted by Gasteiger charge is -2.28. The maximum Gasteiger partial charge on any atom is 0.226 e. The van der Waals surface area contributed by atoms with E-state index in [9.17, 15) is 4.79 Å². The van der Waals surface area contributed by atoms with Crippen LogP contribution in [0.4, 0.5) is 0 Å². The molecule has 3 nitrogen and oxygen atoms in total. The van der Waals surface area contributed by atoms with Crippen molar-refractivity contribution < 1.29 is 4.79 Å². The van der Waals surface area contributed by atoms with E-state index < -0.39 is 0 Å². The zero-order valence-corrected chi connectivity index (χ0v) is 13.3. The van der Waals surface area contributed by atoms with Gasteiger partial charge >= 0.3 is 0 Å². The van der Waals surface area contributed by atoms with Gasteiger partial charge in [0.05, 0.1) is 0 Å². The van der Waals surface area contributed by atoms with Crippen molar-refractivity contribution >= 4 is 5.91 Å². The summed E-state index contributed by atoms with van der Waals surface area (Å²) in [4.78, 5) is 14.9. The molecule has 1 saturated carbocycles. The Bertz CT molecular complexity index is 455. The molecule has 0 aliphatic heterocycles. The van der Waals surface area contributed by atoms with Gasteiger partial charge in [-0.25, -0.2) is 0 Å². The molecule has 2 rings (SSSR count). The third kappa shape index (κ3) is 4.07. The molecule has 0 aromatic heterocycles. The first-order valence-electron chi connectivity index (χ1n) is 8.20. The van der Waals surface area contributed by atoms with Gasteiger partial charge in [0.1, 0.15) is 0 Å². The number of nitrogens with two attached hydrogens (primary N) is 1. The van der Waals surface area contributed by atoms with Crippen LogP contribution in [0.25, 0.3) is 0 Å². The van der Waals surface area contributed by atoms with E-state index in [2.05, 4.69) is 38.1 Å². The summed E-state index contributed by atoms with van der Waals surface area (Å²) in [5.41, 5.74) is 8.30. The van der Waals surface area contributed by atoms with E-state index in [0.29, 0.717) is 18.4 Å². The first-order valence-corrected chi connectivity index (χ1v) is 8.20. The molecular weight excluding hydrogens is 260 g/mol. The highest BCUT2D eigenvalue weighted by atomic mass is 16.2. The highest BCUT2D eigenvalue weighted by Crippen LogP contribution is 2.32. The summed E-state index contributed by atoms with van der Waals surface area (Å²) >= 11 is 0. The predicted molar refractivity (Wildman–Crippen MR) is 86.8 cm³/mol. The zero-order chi connectivity index (χ0) is 15.2. The second kappa shape index (κ2) is 7.60. The van der Waals surface area contributed by atoms with Gasteiger partial charge in [-0.3, -0.25) is 4.79 Å². The largest absolute Gasteiger partial charge is 0.338 e. The van der Waals surface area contributed by atoms with E-state index in [0.717, 1.165) is 38.8 Å². The van der Waals surface area contributed by atoms with Gasteiger partial charge in [-0.15, -0.1) is 0 Å². The summed E-state index contributed by atoms with van der Waals surface area (Å²) in [5.74, 6) is 0.840. The van der Waals surface area contributed by atoms with E-state index in [1.165, 1.54) is 11.1 Å². The Hall–Kier alpha value is -1.35. The number of hydrogen-bond acceptors (Lipinski definition) is 2. The minimum absolute atomic E-state index is 0.145. The number of carbonyl (C=O) groups is 1. The molecule has 1 aromatic carbocycles. The molecule has 2 atom stereocenters. The maximum atomic E-state index is 12.8. The number of hydrogen-bond donors (Lipinski definition) is 1. The van der Waals surface area contributed by atoms with Crippen LogP contribution in [0.3, 0.4) is 0 Å². The molecular formula is C18H28N2O. The van der Waals surface area contributed by atoms with Gasteiger partial charge in [-0.2, -0.15) is 0 Å². The predicted octanol–water partition coefficient (Wildman–Crippen LogP) is 3.11. The van der Waals surface area contributed by atoms with Crippen molar-refractivity contribution in [1.29, 1.82) is 0 Å². The van der Waals surface area contributed by atoms with Gasteiger partial charge in [0.15, 0.2) is 0 Å². The molecule has 1 aliphatic carbocycles. The van der Waals surface area contributed by atoms with Crippen LogP contribution >= 0.6 is 0 Å². The Morgan fingerprint density at radius 2 is 2.00 bits per heavy atom. The van der Waals surface area contributed by atoms with Crippen molar-refractivity contribution in [2.45, 2.75) is 46.1 Å². The minimum atomic E-state index is 0.145. The molecule has 116 valence electrons. The van der Waals surface area contributed by atoms with Crippen LogP contribution in [-0.4, -0.2) is 23.9 Å². The van der Waals surface area contributed by atoms with Gasteiger partial charge in [-0.1, -0.05) is 43.2 Å². The van der Waals surface area contributed by atoms with Crippen LogP contribution < -0.4 is 5.73 Å². The number of benzene rings is 1. The van der Waals surface area contributed by atoms with E-state index >= 15 is 0 Å². The van der Waals surface area contributed by atoms with Crippen LogP contribution in [-0.2, 0) is 11.3 Å². The average molecular weight is 288 g/mol. The molecule has 0 spiro atoms. The Balaban J connectivity index is 2.07. The number of nitrogens with zero attached hydrogens (tertiary/aromatic N) is 1. The summed E-state index contributed by atoms with van der Waals surface area (Å²) in [6, 6.07) is 8.48. The second-order valence-corrected chi connectivity index (χ2v) is 6.28. The molecule has 0 heterocycles. The summed E-state index contributed by atoms with van der Waals surface area (Å²) in [6.07, 6.45) is 4.26. The van der Waals surface area contributed by atoms with Gasteiger partial charge in [0, 0.05) is 19.0 Å². The number of aryl methyl sites for hydroxylation is 1. The molecule has 21 heavy (non-hydrogen) atoms. The van der Waals surface area contributed by atoms with E-state index in [4.69, 9.17) is 5.73 Å². The lowest BCUT2D eigenvalue weighted by Crippen LogP contribution is -2.39. The monoisotopic (exact) mass is 288 g/mol. The molecule has 0 bridgehead atoms. The highest BCUT2D eigenvalue weighted by molar-refractivity contribution is 5.79. The highest BCUT2D eigenvalue weighted by Gasteiger charge is 2.34. The molecule has 2 N–H and O–H groups in total. The summed E-state index contributed by atoms with van der Waals surface area (Å²) in [5, 5.41) is 0. The van der Waals surface area contributed by atoms with Crippen molar-refractivity contribution in [2.24, 2.45) is 17.6 Å². The van der Waals surface area contributed by atoms with Crippen molar-refractivity contribution in [1.82, 2.24) is 4.90 Å². The fourth-order valence-corrected chi connectivity index (χ4v) is 3.33. The van der Waals surface area contributed by atoms with E-state index in [1.54, 1.807) is 0 Å².